The van der Waals surface area contributed by atoms with E-state index in [1.807, 2.05) is 0 Å². The van der Waals surface area contributed by atoms with E-state index in [2.05, 4.69) is 31.2 Å². The molecule has 0 spiro atoms. The molecule has 0 aliphatic heterocycles. The first-order valence-electron chi connectivity index (χ1n) is 6.37. The number of hydrogen-bond donors (Lipinski definition) is 3. The summed E-state index contributed by atoms with van der Waals surface area (Å²) in [4.78, 5) is 30.7. The third kappa shape index (κ3) is 3.89. The Kier molecular flexibility index (Phi) is 4.89. The van der Waals surface area contributed by atoms with Crippen LogP contribution < -0.4 is 10.0 Å². The molecule has 2 heterocycles. The van der Waals surface area contributed by atoms with Gasteiger partial charge in [-0.1, -0.05) is 0 Å². The number of halogens is 1. The molecule has 2 aromatic heterocycles. The molecule has 0 radical (unpaired) electrons. The molecule has 0 aliphatic rings. The van der Waals surface area contributed by atoms with Crippen LogP contribution in [0.5, 0.6) is 0 Å². The first-order chi connectivity index (χ1) is 11.1. The number of rotatable bonds is 4. The molecule has 0 bridgehead atoms. The van der Waals surface area contributed by atoms with Crippen LogP contribution in [-0.2, 0) is 10.2 Å². The number of carbonyl (C=O) groups is 2. The van der Waals surface area contributed by atoms with Crippen molar-refractivity contribution in [2.45, 2.75) is 13.8 Å². The van der Waals surface area contributed by atoms with E-state index in [1.165, 1.54) is 0 Å². The molecular formula is C12H12BrN5O5S. The van der Waals surface area contributed by atoms with Gasteiger partial charge in [-0.15, -0.1) is 0 Å². The highest BCUT2D eigenvalue weighted by Crippen LogP contribution is 2.20. The normalized spacial score (nSPS) is 11.1. The lowest BCUT2D eigenvalue weighted by molar-refractivity contribution is 0.0696. The molecule has 0 atom stereocenters. The van der Waals surface area contributed by atoms with Crippen LogP contribution in [0, 0.1) is 13.8 Å². The summed E-state index contributed by atoms with van der Waals surface area (Å²) in [5.41, 5.74) is 0.929. The van der Waals surface area contributed by atoms with Gasteiger partial charge in [0.25, 0.3) is 0 Å². The van der Waals surface area contributed by atoms with Crippen LogP contribution >= 0.6 is 15.9 Å². The Balaban J connectivity index is 2.20. The topological polar surface area (TPSA) is 143 Å². The second-order valence-corrected chi connectivity index (χ2v) is 6.96. The summed E-state index contributed by atoms with van der Waals surface area (Å²) < 4.78 is 26.4. The van der Waals surface area contributed by atoms with E-state index in [1.54, 1.807) is 24.6 Å². The number of aryl methyl sites for hydroxylation is 2. The lowest BCUT2D eigenvalue weighted by atomic mass is 10.4. The van der Waals surface area contributed by atoms with E-state index >= 15 is 0 Å². The molecule has 2 rings (SSSR count). The zero-order valence-electron chi connectivity index (χ0n) is 12.4. The Morgan fingerprint density at radius 2 is 1.83 bits per heavy atom. The lowest BCUT2D eigenvalue weighted by Crippen LogP contribution is -2.38. The first kappa shape index (κ1) is 17.9. The van der Waals surface area contributed by atoms with E-state index in [0.29, 0.717) is 15.4 Å². The minimum absolute atomic E-state index is 0.0574. The van der Waals surface area contributed by atoms with Gasteiger partial charge in [0.2, 0.25) is 5.95 Å². The Bertz CT molecular complexity index is 904. The monoisotopic (exact) mass is 417 g/mol. The molecule has 0 unspecified atom stereocenters. The number of anilines is 1. The third-order valence-corrected chi connectivity index (χ3v) is 5.02. The SMILES string of the molecule is Cc1cc(C)nc(NC(=O)NS(=O)(=O)n2ccc(C(=O)O)c2Br)n1. The minimum Gasteiger partial charge on any atom is -0.478 e. The average Bonchev–Trinajstić information content (AvgIpc) is 2.79. The summed E-state index contributed by atoms with van der Waals surface area (Å²) in [6.07, 6.45) is 0.996. The fraction of sp³-hybridized carbons (Fsp3) is 0.167. The number of urea groups is 1. The number of amides is 2. The van der Waals surface area contributed by atoms with Crippen LogP contribution in [0.2, 0.25) is 0 Å². The van der Waals surface area contributed by atoms with Gasteiger partial charge in [-0.25, -0.2) is 28.3 Å². The van der Waals surface area contributed by atoms with Crippen LogP contribution in [0.1, 0.15) is 21.7 Å². The number of carbonyl (C=O) groups excluding carboxylic acids is 1. The first-order valence-corrected chi connectivity index (χ1v) is 8.60. The zero-order chi connectivity index (χ0) is 18.1. The van der Waals surface area contributed by atoms with Gasteiger partial charge in [-0.2, -0.15) is 8.42 Å². The van der Waals surface area contributed by atoms with Crippen LogP contribution in [-0.4, -0.2) is 39.5 Å². The van der Waals surface area contributed by atoms with Crippen LogP contribution in [0.4, 0.5) is 10.7 Å². The maximum atomic E-state index is 12.2. The van der Waals surface area contributed by atoms with Gasteiger partial charge in [0.1, 0.15) is 4.60 Å². The summed E-state index contributed by atoms with van der Waals surface area (Å²) in [6, 6.07) is 1.68. The highest BCUT2D eigenvalue weighted by molar-refractivity contribution is 9.10. The fourth-order valence-corrected chi connectivity index (χ4v) is 3.72. The van der Waals surface area contributed by atoms with Crippen LogP contribution in [0.3, 0.4) is 0 Å². The van der Waals surface area contributed by atoms with Crippen molar-refractivity contribution in [3.63, 3.8) is 0 Å². The number of hydrogen-bond acceptors (Lipinski definition) is 6. The average molecular weight is 418 g/mol. The van der Waals surface area contributed by atoms with E-state index in [0.717, 1.165) is 12.3 Å². The molecule has 0 fully saturated rings. The van der Waals surface area contributed by atoms with Gasteiger partial charge >= 0.3 is 22.2 Å². The Morgan fingerprint density at radius 1 is 1.25 bits per heavy atom. The number of nitrogens with zero attached hydrogens (tertiary/aromatic N) is 3. The quantitative estimate of drug-likeness (QED) is 0.678. The molecule has 2 amide bonds. The van der Waals surface area contributed by atoms with Crippen molar-refractivity contribution in [2.75, 3.05) is 5.32 Å². The maximum Gasteiger partial charge on any atom is 0.338 e. The molecule has 2 aromatic rings. The van der Waals surface area contributed by atoms with E-state index in [-0.39, 0.29) is 16.1 Å². The van der Waals surface area contributed by atoms with Gasteiger partial charge in [-0.3, -0.25) is 5.32 Å². The predicted octanol–water partition coefficient (Wildman–Crippen LogP) is 1.27. The standard InChI is InChI=1S/C12H12BrN5O5S/c1-6-5-7(2)15-11(14-6)16-12(21)17-24(22,23)18-4-3-8(9(18)13)10(19)20/h3-5H,1-2H3,(H,19,20)(H2,14,15,16,17,21). The smallest absolute Gasteiger partial charge is 0.338 e. The van der Waals surface area contributed by atoms with Crippen molar-refractivity contribution in [2.24, 2.45) is 0 Å². The van der Waals surface area contributed by atoms with Gasteiger partial charge in [0, 0.05) is 17.6 Å². The van der Waals surface area contributed by atoms with E-state index in [4.69, 9.17) is 5.11 Å². The molecule has 0 saturated heterocycles. The Hall–Kier alpha value is -2.47. The Labute approximate surface area is 145 Å². The Morgan fingerprint density at radius 3 is 2.33 bits per heavy atom. The molecule has 0 aromatic carbocycles. The summed E-state index contributed by atoms with van der Waals surface area (Å²) in [6.45, 7) is 3.39. The minimum atomic E-state index is -4.35. The molecule has 0 aliphatic carbocycles. The highest BCUT2D eigenvalue weighted by Gasteiger charge is 2.23. The largest absolute Gasteiger partial charge is 0.478 e. The number of carboxylic acid groups (broad SMARTS) is 1. The van der Waals surface area contributed by atoms with Gasteiger partial charge in [0.15, 0.2) is 0 Å². The van der Waals surface area contributed by atoms with Crippen molar-refractivity contribution in [1.29, 1.82) is 0 Å². The summed E-state index contributed by atoms with van der Waals surface area (Å²) in [7, 11) is -4.35. The zero-order valence-corrected chi connectivity index (χ0v) is 14.8. The summed E-state index contributed by atoms with van der Waals surface area (Å²) in [5, 5.41) is 11.1. The van der Waals surface area contributed by atoms with Gasteiger partial charge in [0.05, 0.1) is 5.56 Å². The fourth-order valence-electron chi connectivity index (χ4n) is 1.82. The van der Waals surface area contributed by atoms with Gasteiger partial charge in [-0.05, 0) is 41.9 Å². The van der Waals surface area contributed by atoms with Crippen LogP contribution in [0.15, 0.2) is 22.9 Å². The second kappa shape index (κ2) is 6.57. The molecule has 3 N–H and O–H groups in total. The van der Waals surface area contributed by atoms with Crippen molar-refractivity contribution in [1.82, 2.24) is 18.7 Å². The number of aromatic nitrogens is 3. The van der Waals surface area contributed by atoms with Crippen molar-refractivity contribution >= 4 is 44.1 Å². The van der Waals surface area contributed by atoms with Gasteiger partial charge < -0.3 is 5.11 Å². The third-order valence-electron chi connectivity index (χ3n) is 2.71. The second-order valence-electron chi connectivity index (χ2n) is 4.66. The highest BCUT2D eigenvalue weighted by atomic mass is 79.9. The summed E-state index contributed by atoms with van der Waals surface area (Å²) >= 11 is 2.87. The number of carboxylic acids is 1. The number of nitrogens with one attached hydrogen (secondary N) is 2. The van der Waals surface area contributed by atoms with Crippen molar-refractivity contribution < 1.29 is 23.1 Å². The lowest BCUT2D eigenvalue weighted by Gasteiger charge is -2.10. The van der Waals surface area contributed by atoms with E-state index in [9.17, 15) is 18.0 Å². The van der Waals surface area contributed by atoms with Crippen LogP contribution in [0.25, 0.3) is 0 Å². The van der Waals surface area contributed by atoms with E-state index < -0.39 is 22.2 Å². The molecule has 12 heteroatoms. The number of aromatic carboxylic acids is 1. The molecular weight excluding hydrogens is 406 g/mol. The predicted molar refractivity (Wildman–Crippen MR) is 87.1 cm³/mol. The molecule has 24 heavy (non-hydrogen) atoms. The maximum absolute atomic E-state index is 12.2. The molecule has 10 nitrogen and oxygen atoms in total. The van der Waals surface area contributed by atoms with Crippen molar-refractivity contribution in [3.8, 4) is 0 Å². The van der Waals surface area contributed by atoms with Crippen molar-refractivity contribution in [3.05, 3.63) is 39.9 Å². The molecule has 128 valence electrons. The molecule has 0 saturated carbocycles. The summed E-state index contributed by atoms with van der Waals surface area (Å²) in [5.74, 6) is -1.37.